The van der Waals surface area contributed by atoms with Gasteiger partial charge in [-0.25, -0.2) is 0 Å². The fraction of sp³-hybridized carbons (Fsp3) is 0.500. The van der Waals surface area contributed by atoms with E-state index in [9.17, 15) is 4.79 Å². The highest BCUT2D eigenvalue weighted by atomic mass is 16.5. The Hall–Kier alpha value is -1.31. The second kappa shape index (κ2) is 6.31. The molecular formula is C14H20O2. The summed E-state index contributed by atoms with van der Waals surface area (Å²) >= 11 is 0. The third-order valence-corrected chi connectivity index (χ3v) is 2.67. The zero-order valence-electron chi connectivity index (χ0n) is 10.3. The quantitative estimate of drug-likeness (QED) is 0.735. The second-order valence-electron chi connectivity index (χ2n) is 4.33. The highest BCUT2D eigenvalue weighted by molar-refractivity contribution is 5.80. The van der Waals surface area contributed by atoms with Gasteiger partial charge in [-0.2, -0.15) is 0 Å². The number of benzene rings is 1. The normalized spacial score (nSPS) is 10.5. The average molecular weight is 220 g/mol. The topological polar surface area (TPSA) is 26.3 Å². The third kappa shape index (κ3) is 4.05. The Bertz CT molecular complexity index is 342. The van der Waals surface area contributed by atoms with Crippen LogP contribution >= 0.6 is 0 Å². The molecule has 2 heteroatoms. The van der Waals surface area contributed by atoms with Crippen molar-refractivity contribution in [1.29, 1.82) is 0 Å². The molecule has 0 aliphatic heterocycles. The molecule has 16 heavy (non-hydrogen) atoms. The van der Waals surface area contributed by atoms with E-state index in [1.54, 1.807) is 7.11 Å². The summed E-state index contributed by atoms with van der Waals surface area (Å²) in [7, 11) is 1.67. The van der Waals surface area contributed by atoms with Gasteiger partial charge in [0.2, 0.25) is 0 Å². The van der Waals surface area contributed by atoms with Gasteiger partial charge < -0.3 is 4.74 Å². The molecule has 0 bridgehead atoms. The number of aryl methyl sites for hydroxylation is 1. The van der Waals surface area contributed by atoms with E-state index in [2.05, 4.69) is 6.07 Å². The van der Waals surface area contributed by atoms with Gasteiger partial charge in [0.1, 0.15) is 11.5 Å². The summed E-state index contributed by atoms with van der Waals surface area (Å²) < 4.78 is 5.15. The molecule has 1 aromatic rings. The summed E-state index contributed by atoms with van der Waals surface area (Å²) in [6, 6.07) is 8.02. The lowest BCUT2D eigenvalue weighted by Gasteiger charge is -2.05. The van der Waals surface area contributed by atoms with Crippen molar-refractivity contribution in [3.63, 3.8) is 0 Å². The largest absolute Gasteiger partial charge is 0.497 e. The van der Waals surface area contributed by atoms with Gasteiger partial charge >= 0.3 is 0 Å². The maximum Gasteiger partial charge on any atom is 0.135 e. The molecular weight excluding hydrogens is 200 g/mol. The van der Waals surface area contributed by atoms with E-state index in [4.69, 9.17) is 4.74 Å². The molecule has 1 rings (SSSR count). The van der Waals surface area contributed by atoms with Crippen LogP contribution in [0.1, 0.15) is 32.3 Å². The zero-order chi connectivity index (χ0) is 12.0. The number of Topliss-reactive ketones (excluding diaryl/α,β-unsaturated/α-hetero) is 1. The molecule has 0 aliphatic rings. The van der Waals surface area contributed by atoms with Crippen LogP contribution in [0, 0.1) is 5.92 Å². The first-order valence-corrected chi connectivity index (χ1v) is 5.79. The number of hydrogen-bond acceptors (Lipinski definition) is 2. The number of ketones is 1. The third-order valence-electron chi connectivity index (χ3n) is 2.67. The van der Waals surface area contributed by atoms with Crippen molar-refractivity contribution in [1.82, 2.24) is 0 Å². The molecule has 1 aromatic carbocycles. The summed E-state index contributed by atoms with van der Waals surface area (Å²) in [5, 5.41) is 0. The van der Waals surface area contributed by atoms with Gasteiger partial charge in [0.05, 0.1) is 7.11 Å². The van der Waals surface area contributed by atoms with Crippen molar-refractivity contribution < 1.29 is 9.53 Å². The summed E-state index contributed by atoms with van der Waals surface area (Å²) in [6.45, 7) is 3.90. The van der Waals surface area contributed by atoms with Crippen LogP contribution in [-0.2, 0) is 11.2 Å². The lowest BCUT2D eigenvalue weighted by atomic mass is 10.0. The Morgan fingerprint density at radius 2 is 2.12 bits per heavy atom. The van der Waals surface area contributed by atoms with Crippen molar-refractivity contribution in [3.8, 4) is 5.75 Å². The first kappa shape index (κ1) is 12.8. The lowest BCUT2D eigenvalue weighted by molar-refractivity contribution is -0.121. The van der Waals surface area contributed by atoms with Gasteiger partial charge in [0.25, 0.3) is 0 Å². The molecule has 0 N–H and O–H groups in total. The van der Waals surface area contributed by atoms with E-state index in [-0.39, 0.29) is 5.92 Å². The molecule has 0 atom stereocenters. The maximum absolute atomic E-state index is 11.4. The van der Waals surface area contributed by atoms with Crippen LogP contribution in [0.25, 0.3) is 0 Å². The fourth-order valence-electron chi connectivity index (χ4n) is 1.58. The van der Waals surface area contributed by atoms with E-state index in [0.29, 0.717) is 12.2 Å². The molecule has 0 heterocycles. The average Bonchev–Trinajstić information content (AvgIpc) is 2.29. The number of ether oxygens (including phenoxy) is 1. The van der Waals surface area contributed by atoms with Crippen molar-refractivity contribution in [2.75, 3.05) is 7.11 Å². The standard InChI is InChI=1S/C14H20O2/c1-11(2)14(15)9-5-7-12-6-4-8-13(10-12)16-3/h4,6,8,10-11H,5,7,9H2,1-3H3. The number of carbonyl (C=O) groups is 1. The number of carbonyl (C=O) groups excluding carboxylic acids is 1. The Kier molecular flexibility index (Phi) is 5.03. The summed E-state index contributed by atoms with van der Waals surface area (Å²) in [6.07, 6.45) is 2.54. The number of methoxy groups -OCH3 is 1. The van der Waals surface area contributed by atoms with Crippen LogP contribution in [0.3, 0.4) is 0 Å². The molecule has 0 spiro atoms. The van der Waals surface area contributed by atoms with Crippen molar-refractivity contribution in [2.45, 2.75) is 33.1 Å². The number of rotatable bonds is 6. The predicted molar refractivity (Wildman–Crippen MR) is 65.8 cm³/mol. The van der Waals surface area contributed by atoms with Crippen LogP contribution in [0.15, 0.2) is 24.3 Å². The molecule has 0 aromatic heterocycles. The molecule has 0 amide bonds. The van der Waals surface area contributed by atoms with Gasteiger partial charge in [-0.05, 0) is 30.5 Å². The van der Waals surface area contributed by atoms with E-state index >= 15 is 0 Å². The van der Waals surface area contributed by atoms with Gasteiger partial charge in [-0.1, -0.05) is 26.0 Å². The van der Waals surface area contributed by atoms with E-state index < -0.39 is 0 Å². The highest BCUT2D eigenvalue weighted by Gasteiger charge is 2.06. The van der Waals surface area contributed by atoms with Crippen LogP contribution in [0.4, 0.5) is 0 Å². The van der Waals surface area contributed by atoms with Gasteiger partial charge in [-0.15, -0.1) is 0 Å². The molecule has 0 saturated carbocycles. The number of hydrogen-bond donors (Lipinski definition) is 0. The van der Waals surface area contributed by atoms with Crippen molar-refractivity contribution in [3.05, 3.63) is 29.8 Å². The van der Waals surface area contributed by atoms with Gasteiger partial charge in [0, 0.05) is 12.3 Å². The molecule has 88 valence electrons. The van der Waals surface area contributed by atoms with Crippen LogP contribution in [0.2, 0.25) is 0 Å². The minimum Gasteiger partial charge on any atom is -0.497 e. The van der Waals surface area contributed by atoms with Crippen LogP contribution in [-0.4, -0.2) is 12.9 Å². The zero-order valence-corrected chi connectivity index (χ0v) is 10.3. The van der Waals surface area contributed by atoms with Gasteiger partial charge in [0.15, 0.2) is 0 Å². The Morgan fingerprint density at radius 1 is 1.38 bits per heavy atom. The van der Waals surface area contributed by atoms with E-state index in [0.717, 1.165) is 18.6 Å². The fourth-order valence-corrected chi connectivity index (χ4v) is 1.58. The lowest BCUT2D eigenvalue weighted by Crippen LogP contribution is -2.06. The smallest absolute Gasteiger partial charge is 0.135 e. The van der Waals surface area contributed by atoms with Gasteiger partial charge in [-0.3, -0.25) is 4.79 Å². The summed E-state index contributed by atoms with van der Waals surface area (Å²) in [5.41, 5.74) is 1.23. The van der Waals surface area contributed by atoms with E-state index in [1.807, 2.05) is 32.0 Å². The Morgan fingerprint density at radius 3 is 2.75 bits per heavy atom. The maximum atomic E-state index is 11.4. The van der Waals surface area contributed by atoms with Crippen LogP contribution in [0.5, 0.6) is 5.75 Å². The van der Waals surface area contributed by atoms with Crippen molar-refractivity contribution >= 4 is 5.78 Å². The first-order valence-electron chi connectivity index (χ1n) is 5.79. The minimum atomic E-state index is 0.158. The Balaban J connectivity index is 2.40. The minimum absolute atomic E-state index is 0.158. The molecule has 0 radical (unpaired) electrons. The molecule has 2 nitrogen and oxygen atoms in total. The highest BCUT2D eigenvalue weighted by Crippen LogP contribution is 2.15. The molecule has 0 fully saturated rings. The summed E-state index contributed by atoms with van der Waals surface area (Å²) in [4.78, 5) is 11.4. The molecule has 0 saturated heterocycles. The van der Waals surface area contributed by atoms with Crippen molar-refractivity contribution in [2.24, 2.45) is 5.92 Å². The monoisotopic (exact) mass is 220 g/mol. The van der Waals surface area contributed by atoms with E-state index in [1.165, 1.54) is 5.56 Å². The second-order valence-corrected chi connectivity index (χ2v) is 4.33. The molecule has 0 unspecified atom stereocenters. The molecule has 0 aliphatic carbocycles. The van der Waals surface area contributed by atoms with Crippen LogP contribution < -0.4 is 4.74 Å². The predicted octanol–water partition coefficient (Wildman–Crippen LogP) is 3.24. The SMILES string of the molecule is COc1cccc(CCCC(=O)C(C)C)c1. The Labute approximate surface area is 97.6 Å². The summed E-state index contributed by atoms with van der Waals surface area (Å²) in [5.74, 6) is 1.39. The first-order chi connectivity index (χ1) is 7.63.